The van der Waals surface area contributed by atoms with Crippen LogP contribution in [-0.2, 0) is 4.79 Å². The van der Waals surface area contributed by atoms with Crippen LogP contribution in [0.3, 0.4) is 0 Å². The first kappa shape index (κ1) is 16.6. The molecule has 0 aliphatic carbocycles. The monoisotopic (exact) mass is 325 g/mol. The van der Waals surface area contributed by atoms with Gasteiger partial charge in [-0.2, -0.15) is 5.26 Å². The molecule has 1 amide bonds. The number of carbonyl (C=O) groups excluding carboxylic acids is 1. The molecule has 0 unspecified atom stereocenters. The first-order valence-corrected chi connectivity index (χ1v) is 7.39. The summed E-state index contributed by atoms with van der Waals surface area (Å²) < 4.78 is 0. The van der Waals surface area contributed by atoms with Crippen molar-refractivity contribution in [3.63, 3.8) is 0 Å². The number of aryl methyl sites for hydroxylation is 1. The fourth-order valence-corrected chi connectivity index (χ4v) is 2.14. The molecule has 4 nitrogen and oxygen atoms in total. The van der Waals surface area contributed by atoms with E-state index < -0.39 is 5.91 Å². The van der Waals surface area contributed by atoms with Crippen molar-refractivity contribution >= 4 is 28.9 Å². The van der Waals surface area contributed by atoms with Gasteiger partial charge in [-0.25, -0.2) is 0 Å². The quantitative estimate of drug-likeness (QED) is 0.646. The summed E-state index contributed by atoms with van der Waals surface area (Å²) in [7, 11) is 0. The maximum Gasteiger partial charge on any atom is 0.267 e. The number of nitrogens with one attached hydrogen (secondary N) is 2. The molecular weight excluding hydrogens is 310 g/mol. The summed E-state index contributed by atoms with van der Waals surface area (Å²) in [6.45, 7) is 3.75. The van der Waals surface area contributed by atoms with Crippen molar-refractivity contribution in [2.24, 2.45) is 0 Å². The molecule has 0 aliphatic rings. The molecule has 2 aromatic carbocycles. The van der Waals surface area contributed by atoms with Gasteiger partial charge < -0.3 is 10.6 Å². The lowest BCUT2D eigenvalue weighted by molar-refractivity contribution is -0.112. The van der Waals surface area contributed by atoms with E-state index in [0.717, 1.165) is 16.8 Å². The predicted molar refractivity (Wildman–Crippen MR) is 93.3 cm³/mol. The van der Waals surface area contributed by atoms with E-state index in [2.05, 4.69) is 10.6 Å². The van der Waals surface area contributed by atoms with Crippen LogP contribution in [0.1, 0.15) is 11.1 Å². The number of nitrogens with zero attached hydrogens (tertiary/aromatic N) is 1. The SMILES string of the molecule is Cc1ccccc1N/C=C(/C#N)C(=O)Nc1cccc(Cl)c1C. The Balaban J connectivity index is 2.16. The van der Waals surface area contributed by atoms with E-state index in [1.54, 1.807) is 25.1 Å². The highest BCUT2D eigenvalue weighted by Crippen LogP contribution is 2.23. The van der Waals surface area contributed by atoms with Crippen LogP contribution < -0.4 is 10.6 Å². The summed E-state index contributed by atoms with van der Waals surface area (Å²) in [6, 6.07) is 14.7. The zero-order valence-corrected chi connectivity index (χ0v) is 13.6. The number of hydrogen-bond acceptors (Lipinski definition) is 3. The fourth-order valence-electron chi connectivity index (χ4n) is 1.97. The maximum atomic E-state index is 12.2. The number of carbonyl (C=O) groups is 1. The van der Waals surface area contributed by atoms with Crippen LogP contribution in [0.5, 0.6) is 0 Å². The Hall–Kier alpha value is -2.77. The van der Waals surface area contributed by atoms with Crippen molar-refractivity contribution < 1.29 is 4.79 Å². The summed E-state index contributed by atoms with van der Waals surface area (Å²) in [6.07, 6.45) is 1.40. The van der Waals surface area contributed by atoms with Crippen LogP contribution in [0.15, 0.2) is 54.2 Å². The molecule has 0 heterocycles. The largest absolute Gasteiger partial charge is 0.360 e. The van der Waals surface area contributed by atoms with Crippen molar-refractivity contribution in [3.05, 3.63) is 70.4 Å². The van der Waals surface area contributed by atoms with Crippen LogP contribution in [0.2, 0.25) is 5.02 Å². The number of nitriles is 1. The normalized spacial score (nSPS) is 10.8. The van der Waals surface area contributed by atoms with Gasteiger partial charge in [-0.05, 0) is 43.2 Å². The number of para-hydroxylation sites is 1. The Morgan fingerprint density at radius 3 is 2.52 bits per heavy atom. The zero-order valence-electron chi connectivity index (χ0n) is 12.9. The highest BCUT2D eigenvalue weighted by molar-refractivity contribution is 6.31. The summed E-state index contributed by atoms with van der Waals surface area (Å²) in [5, 5.41) is 15.4. The first-order valence-electron chi connectivity index (χ1n) is 7.02. The molecule has 5 heteroatoms. The molecule has 0 aliphatic heterocycles. The van der Waals surface area contributed by atoms with Crippen LogP contribution in [0.4, 0.5) is 11.4 Å². The summed E-state index contributed by atoms with van der Waals surface area (Å²) in [4.78, 5) is 12.2. The standard InChI is InChI=1S/C18H16ClN3O/c1-12-6-3-4-8-16(12)21-11-14(10-20)18(23)22-17-9-5-7-15(19)13(17)2/h3-9,11,21H,1-2H3,(H,22,23)/b14-11-. The minimum atomic E-state index is -0.487. The van der Waals surface area contributed by atoms with Gasteiger partial charge in [0.25, 0.3) is 5.91 Å². The molecule has 116 valence electrons. The molecule has 2 N–H and O–H groups in total. The highest BCUT2D eigenvalue weighted by atomic mass is 35.5. The van der Waals surface area contributed by atoms with E-state index in [1.807, 2.05) is 37.3 Å². The number of anilines is 2. The molecule has 2 rings (SSSR count). The second kappa shape index (κ2) is 7.48. The number of halogens is 1. The molecule has 0 fully saturated rings. The molecule has 0 aromatic heterocycles. The van der Waals surface area contributed by atoms with E-state index >= 15 is 0 Å². The second-order valence-corrected chi connectivity index (χ2v) is 5.40. The number of amides is 1. The van der Waals surface area contributed by atoms with Crippen molar-refractivity contribution in [1.29, 1.82) is 5.26 Å². The molecular formula is C18H16ClN3O. The average Bonchev–Trinajstić information content (AvgIpc) is 2.54. The topological polar surface area (TPSA) is 64.9 Å². The second-order valence-electron chi connectivity index (χ2n) is 5.00. The minimum absolute atomic E-state index is 0.0207. The summed E-state index contributed by atoms with van der Waals surface area (Å²) in [5.74, 6) is -0.487. The minimum Gasteiger partial charge on any atom is -0.360 e. The van der Waals surface area contributed by atoms with E-state index in [0.29, 0.717) is 10.7 Å². The number of rotatable bonds is 4. The van der Waals surface area contributed by atoms with E-state index in [4.69, 9.17) is 11.6 Å². The lowest BCUT2D eigenvalue weighted by Crippen LogP contribution is -2.15. The Bertz CT molecular complexity index is 806. The number of benzene rings is 2. The van der Waals surface area contributed by atoms with Crippen molar-refractivity contribution in [2.45, 2.75) is 13.8 Å². The fraction of sp³-hybridized carbons (Fsp3) is 0.111. The number of hydrogen-bond donors (Lipinski definition) is 2. The molecule has 0 spiro atoms. The van der Waals surface area contributed by atoms with Gasteiger partial charge in [0.1, 0.15) is 11.6 Å². The lowest BCUT2D eigenvalue weighted by Gasteiger charge is -2.09. The van der Waals surface area contributed by atoms with Gasteiger partial charge in [-0.1, -0.05) is 35.9 Å². The molecule has 0 bridgehead atoms. The first-order chi connectivity index (χ1) is 11.0. The average molecular weight is 326 g/mol. The molecule has 23 heavy (non-hydrogen) atoms. The Morgan fingerprint density at radius 1 is 1.13 bits per heavy atom. The van der Waals surface area contributed by atoms with Gasteiger partial charge in [0, 0.05) is 22.6 Å². The highest BCUT2D eigenvalue weighted by Gasteiger charge is 2.11. The van der Waals surface area contributed by atoms with Crippen molar-refractivity contribution in [3.8, 4) is 6.07 Å². The van der Waals surface area contributed by atoms with Crippen LogP contribution in [-0.4, -0.2) is 5.91 Å². The van der Waals surface area contributed by atoms with Crippen molar-refractivity contribution in [2.75, 3.05) is 10.6 Å². The van der Waals surface area contributed by atoms with Gasteiger partial charge in [0.05, 0.1) is 0 Å². The van der Waals surface area contributed by atoms with Gasteiger partial charge in [0.2, 0.25) is 0 Å². The van der Waals surface area contributed by atoms with Gasteiger partial charge in [-0.15, -0.1) is 0 Å². The zero-order chi connectivity index (χ0) is 16.8. The molecule has 2 aromatic rings. The van der Waals surface area contributed by atoms with Gasteiger partial charge >= 0.3 is 0 Å². The molecule has 0 saturated heterocycles. The predicted octanol–water partition coefficient (Wildman–Crippen LogP) is 4.41. The molecule has 0 atom stereocenters. The van der Waals surface area contributed by atoms with Crippen LogP contribution >= 0.6 is 11.6 Å². The summed E-state index contributed by atoms with van der Waals surface area (Å²) >= 11 is 6.03. The van der Waals surface area contributed by atoms with Crippen LogP contribution in [0, 0.1) is 25.2 Å². The van der Waals surface area contributed by atoms with E-state index in [9.17, 15) is 10.1 Å². The Kier molecular flexibility index (Phi) is 5.40. The maximum absolute atomic E-state index is 12.2. The molecule has 0 saturated carbocycles. The third-order valence-corrected chi connectivity index (χ3v) is 3.81. The van der Waals surface area contributed by atoms with Gasteiger partial charge in [-0.3, -0.25) is 4.79 Å². The van der Waals surface area contributed by atoms with E-state index in [-0.39, 0.29) is 5.57 Å². The smallest absolute Gasteiger partial charge is 0.267 e. The Morgan fingerprint density at radius 2 is 1.83 bits per heavy atom. The van der Waals surface area contributed by atoms with Crippen LogP contribution in [0.25, 0.3) is 0 Å². The van der Waals surface area contributed by atoms with Crippen molar-refractivity contribution in [1.82, 2.24) is 0 Å². The summed E-state index contributed by atoms with van der Waals surface area (Å²) in [5.41, 5.74) is 3.18. The molecule has 0 radical (unpaired) electrons. The third kappa shape index (κ3) is 4.12. The lowest BCUT2D eigenvalue weighted by atomic mass is 10.2. The van der Waals surface area contributed by atoms with E-state index in [1.165, 1.54) is 6.20 Å². The Labute approximate surface area is 140 Å². The van der Waals surface area contributed by atoms with Gasteiger partial charge in [0.15, 0.2) is 0 Å². The third-order valence-electron chi connectivity index (χ3n) is 3.40.